The Hall–Kier alpha value is -3.99. The van der Waals surface area contributed by atoms with Crippen LogP contribution in [-0.2, 0) is 20.1 Å². The molecule has 0 atom stereocenters. The first-order chi connectivity index (χ1) is 16.3. The quantitative estimate of drug-likeness (QED) is 0.183. The van der Waals surface area contributed by atoms with Crippen molar-refractivity contribution in [3.8, 4) is 22.5 Å². The van der Waals surface area contributed by atoms with Crippen LogP contribution in [0.1, 0.15) is 0 Å². The van der Waals surface area contributed by atoms with E-state index in [-0.39, 0.29) is 25.5 Å². The maximum atomic E-state index is 12.5. The number of hydrogen-bond donors (Lipinski definition) is 0. The van der Waals surface area contributed by atoms with Gasteiger partial charge in [-0.3, -0.25) is 9.78 Å². The predicted octanol–water partition coefficient (Wildman–Crippen LogP) is 5.75. The summed E-state index contributed by atoms with van der Waals surface area (Å²) in [7, 11) is 0. The summed E-state index contributed by atoms with van der Waals surface area (Å²) < 4.78 is 5.88. The van der Waals surface area contributed by atoms with E-state index in [4.69, 9.17) is 4.42 Å². The van der Waals surface area contributed by atoms with Crippen LogP contribution in [0, 0.1) is 12.1 Å². The Morgan fingerprint density at radius 2 is 1.41 bits per heavy atom. The summed E-state index contributed by atoms with van der Waals surface area (Å²) in [5.41, 5.74) is 4.46. The van der Waals surface area contributed by atoms with Gasteiger partial charge in [0, 0.05) is 32.5 Å². The molecule has 5 nitrogen and oxygen atoms in total. The Bertz CT molecular complexity index is 1530. The second-order valence-electron chi connectivity index (χ2n) is 7.09. The summed E-state index contributed by atoms with van der Waals surface area (Å²) in [6, 6.07) is 32.5. The number of para-hydroxylation sites is 1. The normalized spacial score (nSPS) is 10.2. The molecule has 0 spiro atoms. The van der Waals surface area contributed by atoms with Gasteiger partial charge in [-0.2, -0.15) is 6.07 Å². The van der Waals surface area contributed by atoms with E-state index < -0.39 is 0 Å². The van der Waals surface area contributed by atoms with E-state index in [1.807, 2.05) is 66.7 Å². The molecule has 0 aliphatic heterocycles. The molecule has 0 N–H and O–H groups in total. The van der Waals surface area contributed by atoms with E-state index >= 15 is 0 Å². The molecule has 1 radical (unpaired) electrons. The maximum absolute atomic E-state index is 12.5. The van der Waals surface area contributed by atoms with Gasteiger partial charge in [-0.05, 0) is 41.9 Å². The van der Waals surface area contributed by atoms with E-state index in [1.165, 1.54) is 6.20 Å². The second-order valence-corrected chi connectivity index (χ2v) is 7.09. The number of hydrogen-bond acceptors (Lipinski definition) is 5. The number of rotatable bonds is 2. The number of pyridine rings is 3. The Morgan fingerprint density at radius 3 is 2.12 bits per heavy atom. The number of benzene rings is 2. The van der Waals surface area contributed by atoms with Crippen molar-refractivity contribution in [1.82, 2.24) is 15.0 Å². The van der Waals surface area contributed by atoms with Crippen LogP contribution in [0.2, 0.25) is 0 Å². The van der Waals surface area contributed by atoms with Crippen LogP contribution >= 0.6 is 0 Å². The Kier molecular flexibility index (Phi) is 7.33. The molecule has 0 aliphatic rings. The Morgan fingerprint density at radius 1 is 0.706 bits per heavy atom. The van der Waals surface area contributed by atoms with E-state index in [9.17, 15) is 4.79 Å². The SMILES string of the molecule is O=c1c2ccccc2oc2c(-c3ccccn3)[c-]cnc12.[Ir].[c-]1ccccc1-c1ccccn1. The number of nitrogens with zero attached hydrogens (tertiary/aromatic N) is 3. The summed E-state index contributed by atoms with van der Waals surface area (Å²) in [5, 5.41) is 0.524. The molecule has 34 heavy (non-hydrogen) atoms. The first-order valence-corrected chi connectivity index (χ1v) is 10.3. The van der Waals surface area contributed by atoms with Gasteiger partial charge in [-0.25, -0.2) is 0 Å². The van der Waals surface area contributed by atoms with Crippen LogP contribution < -0.4 is 5.43 Å². The minimum Gasteiger partial charge on any atom is -0.513 e. The largest absolute Gasteiger partial charge is 0.513 e. The topological polar surface area (TPSA) is 68.9 Å². The molecule has 6 aromatic rings. The Labute approximate surface area is 209 Å². The van der Waals surface area contributed by atoms with Gasteiger partial charge < -0.3 is 14.4 Å². The minimum atomic E-state index is -0.141. The first-order valence-electron chi connectivity index (χ1n) is 10.3. The van der Waals surface area contributed by atoms with E-state index in [2.05, 4.69) is 27.1 Å². The van der Waals surface area contributed by atoms with Crippen molar-refractivity contribution in [2.75, 3.05) is 0 Å². The van der Waals surface area contributed by atoms with Gasteiger partial charge >= 0.3 is 0 Å². The Balaban J connectivity index is 0.000000180. The average molecular weight is 620 g/mol. The summed E-state index contributed by atoms with van der Waals surface area (Å²) in [6.07, 6.45) is 4.96. The van der Waals surface area contributed by atoms with Gasteiger partial charge in [0.05, 0.1) is 16.5 Å². The van der Waals surface area contributed by atoms with Crippen molar-refractivity contribution >= 4 is 22.1 Å². The molecular weight excluding hydrogens is 603 g/mol. The summed E-state index contributed by atoms with van der Waals surface area (Å²) in [5.74, 6) is 0. The molecule has 0 aliphatic carbocycles. The van der Waals surface area contributed by atoms with Crippen LogP contribution in [0.3, 0.4) is 0 Å². The van der Waals surface area contributed by atoms with Gasteiger partial charge in [-0.15, -0.1) is 41.5 Å². The zero-order valence-electron chi connectivity index (χ0n) is 17.8. The van der Waals surface area contributed by atoms with E-state index in [1.54, 1.807) is 30.6 Å². The monoisotopic (exact) mass is 620 g/mol. The predicted molar refractivity (Wildman–Crippen MR) is 128 cm³/mol. The van der Waals surface area contributed by atoms with Crippen LogP contribution in [0.15, 0.2) is 113 Å². The molecule has 167 valence electrons. The second kappa shape index (κ2) is 10.8. The molecule has 0 fully saturated rings. The molecule has 0 saturated carbocycles. The van der Waals surface area contributed by atoms with Crippen molar-refractivity contribution in [1.29, 1.82) is 0 Å². The molecule has 0 unspecified atom stereocenters. The van der Waals surface area contributed by atoms with Crippen molar-refractivity contribution in [3.05, 3.63) is 126 Å². The molecule has 0 bridgehead atoms. The average Bonchev–Trinajstić information content (AvgIpc) is 2.91. The van der Waals surface area contributed by atoms with Gasteiger partial charge in [-0.1, -0.05) is 36.4 Å². The van der Waals surface area contributed by atoms with Crippen molar-refractivity contribution in [3.63, 3.8) is 0 Å². The zero-order chi connectivity index (χ0) is 22.5. The smallest absolute Gasteiger partial charge is 0.206 e. The van der Waals surface area contributed by atoms with Gasteiger partial charge in [0.2, 0.25) is 5.43 Å². The van der Waals surface area contributed by atoms with Gasteiger partial charge in [0.15, 0.2) is 0 Å². The summed E-state index contributed by atoms with van der Waals surface area (Å²) in [6.45, 7) is 0. The fraction of sp³-hybridized carbons (Fsp3) is 0. The van der Waals surface area contributed by atoms with Crippen LogP contribution in [-0.4, -0.2) is 15.0 Å². The minimum absolute atomic E-state index is 0. The molecule has 4 aromatic heterocycles. The van der Waals surface area contributed by atoms with Gasteiger partial charge in [0.25, 0.3) is 0 Å². The number of fused-ring (bicyclic) bond motifs is 2. The standard InChI is InChI=1S/C17H9N2O2.C11H8N.Ir/c20-16-12-5-1-2-7-14(12)21-17-11(8-10-19-15(16)17)13-6-3-4-9-18-13;1-2-6-10(7-3-1)11-8-4-5-9-12-11;/h1-7,9-10H;1-6,8-9H;/q2*-1;. The molecule has 6 heteroatoms. The van der Waals surface area contributed by atoms with E-state index in [0.717, 1.165) is 11.3 Å². The summed E-state index contributed by atoms with van der Waals surface area (Å²) in [4.78, 5) is 25.1. The van der Waals surface area contributed by atoms with Crippen LogP contribution in [0.25, 0.3) is 44.6 Å². The molecule has 0 saturated heterocycles. The fourth-order valence-electron chi connectivity index (χ4n) is 3.42. The molecular formula is C28H17IrN3O2-2. The summed E-state index contributed by atoms with van der Waals surface area (Å²) >= 11 is 0. The fourth-order valence-corrected chi connectivity index (χ4v) is 3.42. The van der Waals surface area contributed by atoms with E-state index in [0.29, 0.717) is 33.3 Å². The van der Waals surface area contributed by atoms with Gasteiger partial charge in [0.1, 0.15) is 5.58 Å². The molecule has 4 heterocycles. The van der Waals surface area contributed by atoms with Crippen LogP contribution in [0.5, 0.6) is 0 Å². The third kappa shape index (κ3) is 4.83. The van der Waals surface area contributed by atoms with Crippen LogP contribution in [0.4, 0.5) is 0 Å². The van der Waals surface area contributed by atoms with Crippen molar-refractivity contribution in [2.24, 2.45) is 0 Å². The molecule has 6 rings (SSSR count). The first kappa shape index (κ1) is 23.2. The van der Waals surface area contributed by atoms with Crippen molar-refractivity contribution in [2.45, 2.75) is 0 Å². The van der Waals surface area contributed by atoms with Crippen molar-refractivity contribution < 1.29 is 24.5 Å². The zero-order valence-corrected chi connectivity index (χ0v) is 20.2. The third-order valence-electron chi connectivity index (χ3n) is 4.97. The molecule has 2 aromatic carbocycles. The maximum Gasteiger partial charge on any atom is 0.206 e. The molecule has 0 amide bonds. The third-order valence-corrected chi connectivity index (χ3v) is 4.97. The number of aromatic nitrogens is 3.